The molecule has 0 radical (unpaired) electrons. The highest BCUT2D eigenvalue weighted by molar-refractivity contribution is 5.94. The number of pyridine rings is 1. The number of anilines is 1. The summed E-state index contributed by atoms with van der Waals surface area (Å²) < 4.78 is 0. The van der Waals surface area contributed by atoms with E-state index in [1.807, 2.05) is 0 Å². The van der Waals surface area contributed by atoms with E-state index >= 15 is 0 Å². The molecule has 1 atom stereocenters. The van der Waals surface area contributed by atoms with Crippen molar-refractivity contribution in [3.8, 4) is 0 Å². The molecule has 0 bridgehead atoms. The zero-order chi connectivity index (χ0) is 11.4. The molecule has 1 aromatic rings. The molecule has 0 saturated carbocycles. The third kappa shape index (κ3) is 2.49. The number of rotatable bonds is 3. The molecule has 3 N–H and O–H groups in total. The zero-order valence-electron chi connectivity index (χ0n) is 9.29. The molecule has 16 heavy (non-hydrogen) atoms. The van der Waals surface area contributed by atoms with Crippen LogP contribution in [0.2, 0.25) is 0 Å². The lowest BCUT2D eigenvalue weighted by Gasteiger charge is -2.11. The van der Waals surface area contributed by atoms with Crippen LogP contribution in [0.15, 0.2) is 18.3 Å². The zero-order valence-corrected chi connectivity index (χ0v) is 9.29. The third-order valence-corrected chi connectivity index (χ3v) is 2.68. The van der Waals surface area contributed by atoms with Crippen LogP contribution in [0, 0.1) is 0 Å². The minimum Gasteiger partial charge on any atom is -0.373 e. The number of nitrogens with zero attached hydrogens (tertiary/aromatic N) is 1. The van der Waals surface area contributed by atoms with Crippen LogP contribution in [0.5, 0.6) is 0 Å². The molecule has 2 heterocycles. The summed E-state index contributed by atoms with van der Waals surface area (Å²) in [4.78, 5) is 15.9. The first-order valence-electron chi connectivity index (χ1n) is 5.45. The topological polar surface area (TPSA) is 66.1 Å². The van der Waals surface area contributed by atoms with E-state index in [9.17, 15) is 4.79 Å². The van der Waals surface area contributed by atoms with E-state index in [1.165, 1.54) is 0 Å². The van der Waals surface area contributed by atoms with Crippen molar-refractivity contribution in [3.05, 3.63) is 23.9 Å². The van der Waals surface area contributed by atoms with Crippen molar-refractivity contribution in [1.29, 1.82) is 0 Å². The number of carbonyl (C=O) groups excluding carboxylic acids is 1. The van der Waals surface area contributed by atoms with Gasteiger partial charge in [0.05, 0.1) is 5.56 Å². The first-order valence-corrected chi connectivity index (χ1v) is 5.45. The molecular weight excluding hydrogens is 204 g/mol. The predicted molar refractivity (Wildman–Crippen MR) is 62.5 cm³/mol. The van der Waals surface area contributed by atoms with Gasteiger partial charge in [0.15, 0.2) is 0 Å². The molecule has 1 aliphatic heterocycles. The molecule has 2 rings (SSSR count). The Kier molecular flexibility index (Phi) is 3.36. The smallest absolute Gasteiger partial charge is 0.253 e. The van der Waals surface area contributed by atoms with E-state index in [1.54, 1.807) is 25.4 Å². The highest BCUT2D eigenvalue weighted by Crippen LogP contribution is 2.05. The molecule has 0 aromatic carbocycles. The monoisotopic (exact) mass is 220 g/mol. The Labute approximate surface area is 94.6 Å². The van der Waals surface area contributed by atoms with Crippen LogP contribution in [0.4, 0.5) is 5.82 Å². The van der Waals surface area contributed by atoms with Gasteiger partial charge in [0, 0.05) is 25.8 Å². The van der Waals surface area contributed by atoms with Crippen molar-refractivity contribution in [2.24, 2.45) is 0 Å². The van der Waals surface area contributed by atoms with Crippen LogP contribution in [-0.2, 0) is 0 Å². The van der Waals surface area contributed by atoms with Crippen LogP contribution < -0.4 is 16.0 Å². The van der Waals surface area contributed by atoms with Gasteiger partial charge in [0.2, 0.25) is 0 Å². The van der Waals surface area contributed by atoms with Gasteiger partial charge in [-0.15, -0.1) is 0 Å². The van der Waals surface area contributed by atoms with E-state index < -0.39 is 0 Å². The normalized spacial score (nSPS) is 19.4. The van der Waals surface area contributed by atoms with Crippen LogP contribution in [-0.4, -0.2) is 37.1 Å². The molecule has 1 fully saturated rings. The number of hydrogen-bond donors (Lipinski definition) is 3. The molecule has 1 aromatic heterocycles. The summed E-state index contributed by atoms with van der Waals surface area (Å²) in [5.41, 5.74) is 0.603. The molecular formula is C11H16N4O. The van der Waals surface area contributed by atoms with Gasteiger partial charge in [0.25, 0.3) is 5.91 Å². The second-order valence-corrected chi connectivity index (χ2v) is 3.85. The number of nitrogens with one attached hydrogen (secondary N) is 3. The summed E-state index contributed by atoms with van der Waals surface area (Å²) in [7, 11) is 1.80. The highest BCUT2D eigenvalue weighted by atomic mass is 16.1. The second-order valence-electron chi connectivity index (χ2n) is 3.85. The molecule has 0 spiro atoms. The van der Waals surface area contributed by atoms with E-state index in [4.69, 9.17) is 0 Å². The SMILES string of the molecule is CNc1ccc(C(=O)NC2CCNC2)cn1. The molecule has 1 saturated heterocycles. The van der Waals surface area contributed by atoms with E-state index in [0.717, 1.165) is 25.3 Å². The van der Waals surface area contributed by atoms with Gasteiger partial charge in [-0.1, -0.05) is 0 Å². The van der Waals surface area contributed by atoms with Crippen molar-refractivity contribution >= 4 is 11.7 Å². The van der Waals surface area contributed by atoms with Gasteiger partial charge < -0.3 is 16.0 Å². The van der Waals surface area contributed by atoms with Gasteiger partial charge >= 0.3 is 0 Å². The molecule has 5 nitrogen and oxygen atoms in total. The summed E-state index contributed by atoms with van der Waals surface area (Å²) in [6, 6.07) is 3.81. The first-order chi connectivity index (χ1) is 7.79. The van der Waals surface area contributed by atoms with Crippen molar-refractivity contribution in [1.82, 2.24) is 15.6 Å². The molecule has 86 valence electrons. The maximum atomic E-state index is 11.8. The standard InChI is InChI=1S/C11H16N4O/c1-12-10-3-2-8(6-14-10)11(16)15-9-4-5-13-7-9/h2-3,6,9,13H,4-5,7H2,1H3,(H,12,14)(H,15,16). The Bertz CT molecular complexity index is 357. The van der Waals surface area contributed by atoms with Crippen LogP contribution >= 0.6 is 0 Å². The number of aromatic nitrogens is 1. The van der Waals surface area contributed by atoms with E-state index in [0.29, 0.717) is 5.56 Å². The minimum atomic E-state index is -0.0520. The number of hydrogen-bond acceptors (Lipinski definition) is 4. The Morgan fingerprint density at radius 1 is 1.56 bits per heavy atom. The average molecular weight is 220 g/mol. The van der Waals surface area contributed by atoms with Crippen LogP contribution in [0.25, 0.3) is 0 Å². The minimum absolute atomic E-state index is 0.0520. The lowest BCUT2D eigenvalue weighted by molar-refractivity contribution is 0.0940. The fourth-order valence-corrected chi connectivity index (χ4v) is 1.72. The lowest BCUT2D eigenvalue weighted by Crippen LogP contribution is -2.36. The average Bonchev–Trinajstić information content (AvgIpc) is 2.82. The fourth-order valence-electron chi connectivity index (χ4n) is 1.72. The quantitative estimate of drug-likeness (QED) is 0.681. The Morgan fingerprint density at radius 2 is 2.44 bits per heavy atom. The van der Waals surface area contributed by atoms with Crippen LogP contribution in [0.3, 0.4) is 0 Å². The maximum Gasteiger partial charge on any atom is 0.253 e. The largest absolute Gasteiger partial charge is 0.373 e. The summed E-state index contributed by atoms with van der Waals surface area (Å²) in [5, 5.41) is 9.09. The Balaban J connectivity index is 1.97. The van der Waals surface area contributed by atoms with Gasteiger partial charge in [-0.05, 0) is 25.1 Å². The van der Waals surface area contributed by atoms with Crippen molar-refractivity contribution in [2.45, 2.75) is 12.5 Å². The van der Waals surface area contributed by atoms with Crippen LogP contribution in [0.1, 0.15) is 16.8 Å². The maximum absolute atomic E-state index is 11.8. The predicted octanol–water partition coefficient (Wildman–Crippen LogP) is 0.215. The summed E-state index contributed by atoms with van der Waals surface area (Å²) in [6.45, 7) is 1.83. The van der Waals surface area contributed by atoms with E-state index in [2.05, 4.69) is 20.9 Å². The summed E-state index contributed by atoms with van der Waals surface area (Å²) in [6.07, 6.45) is 2.58. The van der Waals surface area contributed by atoms with Gasteiger partial charge in [-0.25, -0.2) is 4.98 Å². The summed E-state index contributed by atoms with van der Waals surface area (Å²) >= 11 is 0. The third-order valence-electron chi connectivity index (χ3n) is 2.68. The lowest BCUT2D eigenvalue weighted by atomic mass is 10.2. The van der Waals surface area contributed by atoms with Crippen molar-refractivity contribution in [3.63, 3.8) is 0 Å². The first kappa shape index (κ1) is 10.9. The molecule has 5 heteroatoms. The Hall–Kier alpha value is -1.62. The van der Waals surface area contributed by atoms with Crippen molar-refractivity contribution in [2.75, 3.05) is 25.5 Å². The second kappa shape index (κ2) is 4.94. The summed E-state index contributed by atoms with van der Waals surface area (Å²) in [5.74, 6) is 0.711. The van der Waals surface area contributed by atoms with E-state index in [-0.39, 0.29) is 11.9 Å². The molecule has 0 aliphatic carbocycles. The molecule has 1 amide bonds. The van der Waals surface area contributed by atoms with Gasteiger partial charge in [-0.2, -0.15) is 0 Å². The fraction of sp³-hybridized carbons (Fsp3) is 0.455. The molecule has 1 unspecified atom stereocenters. The highest BCUT2D eigenvalue weighted by Gasteiger charge is 2.17. The van der Waals surface area contributed by atoms with Gasteiger partial charge in [-0.3, -0.25) is 4.79 Å². The Morgan fingerprint density at radius 3 is 3.00 bits per heavy atom. The number of carbonyl (C=O) groups is 1. The van der Waals surface area contributed by atoms with Crippen molar-refractivity contribution < 1.29 is 4.79 Å². The number of amides is 1. The van der Waals surface area contributed by atoms with Gasteiger partial charge in [0.1, 0.15) is 5.82 Å². The molecule has 1 aliphatic rings.